The Morgan fingerprint density at radius 1 is 1.17 bits per heavy atom. The number of aromatic hydroxyl groups is 1. The van der Waals surface area contributed by atoms with Crippen molar-refractivity contribution in [2.24, 2.45) is 4.99 Å². The summed E-state index contributed by atoms with van der Waals surface area (Å²) in [6.45, 7) is 6.68. The molecule has 162 valence electrons. The number of methoxy groups -OCH3 is 1. The van der Waals surface area contributed by atoms with Gasteiger partial charge in [-0.2, -0.15) is 0 Å². The minimum absolute atomic E-state index is 0.0503. The van der Waals surface area contributed by atoms with Crippen molar-refractivity contribution in [3.63, 3.8) is 0 Å². The van der Waals surface area contributed by atoms with E-state index in [1.54, 1.807) is 33.1 Å². The van der Waals surface area contributed by atoms with Crippen LogP contribution in [0.1, 0.15) is 19.4 Å². The summed E-state index contributed by atoms with van der Waals surface area (Å²) in [6.07, 6.45) is 0. The lowest BCUT2D eigenvalue weighted by atomic mass is 10.1. The average Bonchev–Trinajstić information content (AvgIpc) is 3.10. The Bertz CT molecular complexity index is 697. The molecule has 0 aliphatic carbocycles. The summed E-state index contributed by atoms with van der Waals surface area (Å²) in [6, 6.07) is 5.02. The van der Waals surface area contributed by atoms with Gasteiger partial charge in [0.05, 0.1) is 39.6 Å². The number of carbonyl (C=O) groups is 1. The maximum Gasteiger partial charge on any atom is 0.334 e. The number of ether oxygens (including phenoxy) is 5. The second-order valence-electron chi connectivity index (χ2n) is 6.44. The molecule has 9 heteroatoms. The molecule has 0 saturated carbocycles. The van der Waals surface area contributed by atoms with E-state index in [9.17, 15) is 9.90 Å². The molecule has 1 aromatic rings. The van der Waals surface area contributed by atoms with Gasteiger partial charge < -0.3 is 28.8 Å². The van der Waals surface area contributed by atoms with Crippen LogP contribution in [0.25, 0.3) is 0 Å². The zero-order valence-corrected chi connectivity index (χ0v) is 18.0. The van der Waals surface area contributed by atoms with E-state index in [0.29, 0.717) is 68.4 Å². The summed E-state index contributed by atoms with van der Waals surface area (Å²) < 4.78 is 26.3. The second-order valence-corrected chi connectivity index (χ2v) is 7.41. The Morgan fingerprint density at radius 2 is 1.86 bits per heavy atom. The van der Waals surface area contributed by atoms with Gasteiger partial charge in [-0.05, 0) is 26.0 Å². The monoisotopic (exact) mass is 427 g/mol. The van der Waals surface area contributed by atoms with E-state index in [1.807, 2.05) is 0 Å². The summed E-state index contributed by atoms with van der Waals surface area (Å²) in [4.78, 5) is 16.6. The highest BCUT2D eigenvalue weighted by Crippen LogP contribution is 2.35. The molecule has 0 bridgehead atoms. The molecule has 1 atom stereocenters. The molecule has 1 aliphatic rings. The van der Waals surface area contributed by atoms with Gasteiger partial charge in [0.2, 0.25) is 0 Å². The van der Waals surface area contributed by atoms with Gasteiger partial charge in [0.15, 0.2) is 5.54 Å². The van der Waals surface area contributed by atoms with E-state index >= 15 is 0 Å². The Kier molecular flexibility index (Phi) is 9.72. The highest BCUT2D eigenvalue weighted by atomic mass is 32.2. The summed E-state index contributed by atoms with van der Waals surface area (Å²) >= 11 is 1.42. The molecule has 1 unspecified atom stereocenters. The molecule has 29 heavy (non-hydrogen) atoms. The SMILES string of the molecule is CCOC(=O)C1(C)CSC(c2ccc(OCCOCCOCCOC)cc2O)=N1. The highest BCUT2D eigenvalue weighted by Gasteiger charge is 2.40. The summed E-state index contributed by atoms with van der Waals surface area (Å²) in [5.41, 5.74) is -0.359. The molecule has 2 rings (SSSR count). The molecule has 0 saturated heterocycles. The minimum atomic E-state index is -0.928. The van der Waals surface area contributed by atoms with Crippen LogP contribution >= 0.6 is 11.8 Å². The molecule has 1 aliphatic heterocycles. The molecule has 1 heterocycles. The number of benzene rings is 1. The van der Waals surface area contributed by atoms with Crippen LogP contribution < -0.4 is 4.74 Å². The molecular formula is C20H29NO7S. The molecule has 1 aromatic carbocycles. The van der Waals surface area contributed by atoms with Gasteiger partial charge in [-0.25, -0.2) is 4.79 Å². The topological polar surface area (TPSA) is 95.8 Å². The van der Waals surface area contributed by atoms with Crippen LogP contribution in [0.4, 0.5) is 0 Å². The number of phenolic OH excluding ortho intramolecular Hbond substituents is 1. The number of phenols is 1. The Labute approximate surface area is 175 Å². The number of carbonyl (C=O) groups excluding carboxylic acids is 1. The fraction of sp³-hybridized carbons (Fsp3) is 0.600. The zero-order chi connectivity index (χ0) is 21.1. The summed E-state index contributed by atoms with van der Waals surface area (Å²) in [5, 5.41) is 11.0. The van der Waals surface area contributed by atoms with Crippen molar-refractivity contribution in [3.8, 4) is 11.5 Å². The predicted octanol–water partition coefficient (Wildman–Crippen LogP) is 2.27. The lowest BCUT2D eigenvalue weighted by Crippen LogP contribution is -2.35. The lowest BCUT2D eigenvalue weighted by molar-refractivity contribution is -0.147. The largest absolute Gasteiger partial charge is 0.507 e. The highest BCUT2D eigenvalue weighted by molar-refractivity contribution is 8.14. The van der Waals surface area contributed by atoms with E-state index in [4.69, 9.17) is 23.7 Å². The molecule has 0 aromatic heterocycles. The third-order valence-electron chi connectivity index (χ3n) is 4.05. The van der Waals surface area contributed by atoms with Crippen molar-refractivity contribution in [2.75, 3.05) is 59.1 Å². The molecule has 0 radical (unpaired) electrons. The van der Waals surface area contributed by atoms with Gasteiger partial charge in [-0.3, -0.25) is 4.99 Å². The number of rotatable bonds is 13. The van der Waals surface area contributed by atoms with Crippen LogP contribution in [0, 0.1) is 0 Å². The van der Waals surface area contributed by atoms with Gasteiger partial charge in [0, 0.05) is 24.5 Å². The van der Waals surface area contributed by atoms with E-state index in [1.165, 1.54) is 17.8 Å². The number of thioether (sulfide) groups is 1. The zero-order valence-electron chi connectivity index (χ0n) is 17.1. The third kappa shape index (κ3) is 7.18. The molecule has 0 amide bonds. The van der Waals surface area contributed by atoms with Gasteiger partial charge in [0.1, 0.15) is 23.1 Å². The maximum atomic E-state index is 12.1. The lowest BCUT2D eigenvalue weighted by Gasteiger charge is -2.16. The number of hydrogen-bond acceptors (Lipinski definition) is 9. The maximum absolute atomic E-state index is 12.1. The molecule has 0 spiro atoms. The molecule has 8 nitrogen and oxygen atoms in total. The minimum Gasteiger partial charge on any atom is -0.507 e. The Hall–Kier alpha value is -1.81. The first-order chi connectivity index (χ1) is 14.0. The Morgan fingerprint density at radius 3 is 2.52 bits per heavy atom. The van der Waals surface area contributed by atoms with Gasteiger partial charge in [0.25, 0.3) is 0 Å². The van der Waals surface area contributed by atoms with Crippen molar-refractivity contribution in [2.45, 2.75) is 19.4 Å². The average molecular weight is 428 g/mol. The fourth-order valence-electron chi connectivity index (χ4n) is 2.49. The summed E-state index contributed by atoms with van der Waals surface area (Å²) in [5.74, 6) is 0.703. The first kappa shape index (κ1) is 23.5. The third-order valence-corrected chi connectivity index (χ3v) is 5.34. The smallest absolute Gasteiger partial charge is 0.334 e. The Balaban J connectivity index is 1.79. The van der Waals surface area contributed by atoms with Crippen LogP contribution in [0.15, 0.2) is 23.2 Å². The molecule has 0 fully saturated rings. The van der Waals surface area contributed by atoms with E-state index < -0.39 is 5.54 Å². The number of nitrogens with zero attached hydrogens (tertiary/aromatic N) is 1. The normalized spacial score (nSPS) is 18.5. The first-order valence-corrected chi connectivity index (χ1v) is 10.5. The van der Waals surface area contributed by atoms with Crippen molar-refractivity contribution >= 4 is 22.8 Å². The first-order valence-electron chi connectivity index (χ1n) is 9.50. The standard InChI is InChI=1S/C20H29NO7S/c1-4-27-19(23)20(2)14-29-18(21-20)16-6-5-15(13-17(16)22)28-12-11-26-10-9-25-8-7-24-3/h5-6,13,22H,4,7-12,14H2,1-3H3. The van der Waals surface area contributed by atoms with Gasteiger partial charge in [-0.1, -0.05) is 0 Å². The van der Waals surface area contributed by atoms with Crippen LogP contribution in [0.2, 0.25) is 0 Å². The van der Waals surface area contributed by atoms with Crippen LogP contribution in [0.5, 0.6) is 11.5 Å². The summed E-state index contributed by atoms with van der Waals surface area (Å²) in [7, 11) is 1.63. The van der Waals surface area contributed by atoms with E-state index in [-0.39, 0.29) is 11.7 Å². The van der Waals surface area contributed by atoms with Gasteiger partial charge in [-0.15, -0.1) is 11.8 Å². The van der Waals surface area contributed by atoms with Crippen molar-refractivity contribution < 1.29 is 33.6 Å². The van der Waals surface area contributed by atoms with E-state index in [0.717, 1.165) is 0 Å². The van der Waals surface area contributed by atoms with Crippen molar-refractivity contribution in [1.29, 1.82) is 0 Å². The van der Waals surface area contributed by atoms with E-state index in [2.05, 4.69) is 4.99 Å². The number of aliphatic imine (C=N–C) groups is 1. The van der Waals surface area contributed by atoms with Crippen LogP contribution in [-0.2, 0) is 23.7 Å². The predicted molar refractivity (Wildman–Crippen MR) is 111 cm³/mol. The van der Waals surface area contributed by atoms with Crippen molar-refractivity contribution in [3.05, 3.63) is 23.8 Å². The fourth-order valence-corrected chi connectivity index (χ4v) is 3.69. The number of esters is 1. The van der Waals surface area contributed by atoms with Gasteiger partial charge >= 0.3 is 5.97 Å². The molecule has 1 N–H and O–H groups in total. The quantitative estimate of drug-likeness (QED) is 0.378. The number of hydrogen-bond donors (Lipinski definition) is 1. The second kappa shape index (κ2) is 12.0. The van der Waals surface area contributed by atoms with Crippen molar-refractivity contribution in [1.82, 2.24) is 0 Å². The van der Waals surface area contributed by atoms with Crippen LogP contribution in [-0.4, -0.2) is 80.8 Å². The molecular weight excluding hydrogens is 398 g/mol. The van der Waals surface area contributed by atoms with Crippen LogP contribution in [0.3, 0.4) is 0 Å².